The smallest absolute Gasteiger partial charge is 0.262 e. The van der Waals surface area contributed by atoms with Crippen molar-refractivity contribution in [2.45, 2.75) is 6.42 Å². The average Bonchev–Trinajstić information content (AvgIpc) is 2.99. The first-order valence-electron chi connectivity index (χ1n) is 8.43. The normalized spacial score (nSPS) is 11.7. The molecule has 5 rings (SSSR count). The molecule has 0 spiro atoms. The molecule has 0 amide bonds. The van der Waals surface area contributed by atoms with E-state index in [9.17, 15) is 15.0 Å². The van der Waals surface area contributed by atoms with E-state index in [1.165, 1.54) is 0 Å². The number of aromatic hydroxyl groups is 2. The largest absolute Gasteiger partial charge is 0.507 e. The van der Waals surface area contributed by atoms with E-state index in [4.69, 9.17) is 0 Å². The van der Waals surface area contributed by atoms with Crippen LogP contribution >= 0.6 is 0 Å². The molecular formula is C22H15NO3. The maximum atomic E-state index is 13.3. The summed E-state index contributed by atoms with van der Waals surface area (Å²) >= 11 is 0. The molecule has 2 N–H and O–H groups in total. The van der Waals surface area contributed by atoms with Crippen LogP contribution in [0, 0.1) is 0 Å². The number of hydrogen-bond donors (Lipinski definition) is 2. The van der Waals surface area contributed by atoms with Gasteiger partial charge in [-0.15, -0.1) is 0 Å². The lowest BCUT2D eigenvalue weighted by atomic mass is 10.0. The Balaban J connectivity index is 1.98. The fourth-order valence-electron chi connectivity index (χ4n) is 3.84. The minimum absolute atomic E-state index is 0.0304. The number of phenols is 1. The highest BCUT2D eigenvalue weighted by molar-refractivity contribution is 6.16. The molecule has 0 aliphatic heterocycles. The molecule has 4 nitrogen and oxygen atoms in total. The number of nitrogens with zero attached hydrogens (tertiary/aromatic N) is 1. The average molecular weight is 341 g/mol. The quantitative estimate of drug-likeness (QED) is 0.509. The van der Waals surface area contributed by atoms with Crippen LogP contribution in [0.25, 0.3) is 27.2 Å². The minimum Gasteiger partial charge on any atom is -0.507 e. The molecule has 126 valence electrons. The second-order valence-corrected chi connectivity index (χ2v) is 6.50. The summed E-state index contributed by atoms with van der Waals surface area (Å²) in [5.74, 6) is -0.172. The maximum absolute atomic E-state index is 13.3. The van der Waals surface area contributed by atoms with Gasteiger partial charge in [0.1, 0.15) is 11.5 Å². The predicted octanol–water partition coefficient (Wildman–Crippen LogP) is 4.05. The van der Waals surface area contributed by atoms with Gasteiger partial charge in [-0.2, -0.15) is 0 Å². The van der Waals surface area contributed by atoms with Crippen molar-refractivity contribution >= 4 is 27.2 Å². The van der Waals surface area contributed by atoms with Crippen molar-refractivity contribution in [3.05, 3.63) is 88.2 Å². The van der Waals surface area contributed by atoms with Crippen LogP contribution in [-0.2, 0) is 6.42 Å². The van der Waals surface area contributed by atoms with E-state index >= 15 is 0 Å². The van der Waals surface area contributed by atoms with Crippen molar-refractivity contribution in [3.63, 3.8) is 0 Å². The van der Waals surface area contributed by atoms with Gasteiger partial charge < -0.3 is 10.2 Å². The summed E-state index contributed by atoms with van der Waals surface area (Å²) in [5.41, 5.74) is 2.29. The fraction of sp³-hybridized carbons (Fsp3) is 0.0455. The maximum Gasteiger partial charge on any atom is 0.262 e. The summed E-state index contributed by atoms with van der Waals surface area (Å²) < 4.78 is 1.61. The fourth-order valence-corrected chi connectivity index (χ4v) is 3.84. The predicted molar refractivity (Wildman–Crippen MR) is 102 cm³/mol. The van der Waals surface area contributed by atoms with E-state index in [0.29, 0.717) is 17.3 Å². The lowest BCUT2D eigenvalue weighted by Crippen LogP contribution is -2.18. The summed E-state index contributed by atoms with van der Waals surface area (Å²) in [6.45, 7) is 0. The number of phenolic OH excluding ortho intramolecular Hbond substituents is 1. The monoisotopic (exact) mass is 341 g/mol. The molecule has 0 saturated heterocycles. The Bertz CT molecular complexity index is 1340. The zero-order chi connectivity index (χ0) is 17.8. The second-order valence-electron chi connectivity index (χ2n) is 6.50. The van der Waals surface area contributed by atoms with Gasteiger partial charge >= 0.3 is 0 Å². The van der Waals surface area contributed by atoms with E-state index in [1.54, 1.807) is 16.5 Å². The van der Waals surface area contributed by atoms with Gasteiger partial charge in [0, 0.05) is 17.2 Å². The Morgan fingerprint density at radius 2 is 1.54 bits per heavy atom. The van der Waals surface area contributed by atoms with Gasteiger partial charge in [0.15, 0.2) is 0 Å². The van der Waals surface area contributed by atoms with Gasteiger partial charge in [-0.25, -0.2) is 0 Å². The molecule has 0 aliphatic carbocycles. The van der Waals surface area contributed by atoms with Crippen LogP contribution in [0.2, 0.25) is 0 Å². The molecule has 5 aromatic rings. The van der Waals surface area contributed by atoms with Crippen molar-refractivity contribution in [1.29, 1.82) is 0 Å². The van der Waals surface area contributed by atoms with Crippen LogP contribution in [0.3, 0.4) is 0 Å². The highest BCUT2D eigenvalue weighted by Crippen LogP contribution is 2.40. The zero-order valence-electron chi connectivity index (χ0n) is 13.8. The van der Waals surface area contributed by atoms with E-state index < -0.39 is 0 Å². The first-order valence-corrected chi connectivity index (χ1v) is 8.43. The van der Waals surface area contributed by atoms with E-state index in [1.807, 2.05) is 54.6 Å². The first kappa shape index (κ1) is 14.8. The number of aromatic nitrogens is 1. The molecule has 0 bridgehead atoms. The SMILES string of the molecule is O=c1c(Cc2ccccc2)c(O)c2c(O)ccc3c4ccccc4n1c23. The van der Waals surface area contributed by atoms with Crippen molar-refractivity contribution in [1.82, 2.24) is 4.40 Å². The Morgan fingerprint density at radius 3 is 2.35 bits per heavy atom. The topological polar surface area (TPSA) is 61.9 Å². The third-order valence-corrected chi connectivity index (χ3v) is 5.02. The second kappa shape index (κ2) is 5.23. The van der Waals surface area contributed by atoms with Crippen LogP contribution in [0.5, 0.6) is 11.5 Å². The number of para-hydroxylation sites is 1. The number of rotatable bonds is 2. The Hall–Kier alpha value is -3.53. The van der Waals surface area contributed by atoms with E-state index in [2.05, 4.69) is 0 Å². The standard InChI is InChI=1S/C22H15NO3/c24-18-11-10-15-14-8-4-5-9-17(14)23-20(15)19(18)21(25)16(22(23)26)12-13-6-2-1-3-7-13/h1-11,24-25H,12H2. The number of fused-ring (bicyclic) bond motifs is 3. The summed E-state index contributed by atoms with van der Waals surface area (Å²) in [4.78, 5) is 13.3. The molecule has 0 radical (unpaired) electrons. The van der Waals surface area contributed by atoms with Gasteiger partial charge in [0.05, 0.1) is 22.0 Å². The van der Waals surface area contributed by atoms with Crippen LogP contribution in [0.4, 0.5) is 0 Å². The lowest BCUT2D eigenvalue weighted by Gasteiger charge is -2.11. The summed E-state index contributed by atoms with van der Waals surface area (Å²) in [6.07, 6.45) is 0.299. The number of pyridine rings is 1. The third kappa shape index (κ3) is 1.87. The van der Waals surface area contributed by atoms with Gasteiger partial charge in [-0.3, -0.25) is 9.20 Å². The highest BCUT2D eigenvalue weighted by Gasteiger charge is 2.22. The molecule has 0 fully saturated rings. The van der Waals surface area contributed by atoms with Gasteiger partial charge in [-0.1, -0.05) is 48.5 Å². The molecular weight excluding hydrogens is 326 g/mol. The summed E-state index contributed by atoms with van der Waals surface area (Å²) in [5, 5.41) is 23.4. The van der Waals surface area contributed by atoms with Crippen LogP contribution in [0.15, 0.2) is 71.5 Å². The molecule has 3 aromatic carbocycles. The lowest BCUT2D eigenvalue weighted by molar-refractivity contribution is 0.459. The van der Waals surface area contributed by atoms with Gasteiger partial charge in [-0.05, 0) is 23.8 Å². The van der Waals surface area contributed by atoms with E-state index in [-0.39, 0.29) is 22.6 Å². The van der Waals surface area contributed by atoms with Gasteiger partial charge in [0.25, 0.3) is 5.56 Å². The first-order chi connectivity index (χ1) is 12.7. The Labute approximate surface area is 148 Å². The highest BCUT2D eigenvalue weighted by atomic mass is 16.3. The Morgan fingerprint density at radius 1 is 0.808 bits per heavy atom. The molecule has 0 aliphatic rings. The molecule has 26 heavy (non-hydrogen) atoms. The van der Waals surface area contributed by atoms with E-state index in [0.717, 1.165) is 21.9 Å². The van der Waals surface area contributed by atoms with Crippen molar-refractivity contribution in [3.8, 4) is 11.5 Å². The number of benzene rings is 3. The van der Waals surface area contributed by atoms with Gasteiger partial charge in [0.2, 0.25) is 0 Å². The molecule has 2 heterocycles. The molecule has 0 saturated carbocycles. The van der Waals surface area contributed by atoms with Crippen molar-refractivity contribution in [2.75, 3.05) is 0 Å². The summed E-state index contributed by atoms with van der Waals surface area (Å²) in [7, 11) is 0. The molecule has 2 aromatic heterocycles. The van der Waals surface area contributed by atoms with Crippen LogP contribution in [0.1, 0.15) is 11.1 Å². The number of hydrogen-bond acceptors (Lipinski definition) is 3. The van der Waals surface area contributed by atoms with Crippen molar-refractivity contribution in [2.24, 2.45) is 0 Å². The van der Waals surface area contributed by atoms with Crippen LogP contribution < -0.4 is 5.56 Å². The minimum atomic E-state index is -0.254. The summed E-state index contributed by atoms with van der Waals surface area (Å²) in [6, 6.07) is 20.5. The molecule has 4 heteroatoms. The molecule has 0 unspecified atom stereocenters. The van der Waals surface area contributed by atoms with Crippen LogP contribution in [-0.4, -0.2) is 14.6 Å². The Kier molecular flexibility index (Phi) is 2.97. The zero-order valence-corrected chi connectivity index (χ0v) is 13.8. The molecule has 0 atom stereocenters. The third-order valence-electron chi connectivity index (χ3n) is 5.02. The van der Waals surface area contributed by atoms with Crippen molar-refractivity contribution < 1.29 is 10.2 Å².